The number of hydrogen-bond acceptors (Lipinski definition) is 3. The van der Waals surface area contributed by atoms with Gasteiger partial charge in [0.1, 0.15) is 5.75 Å². The molecule has 3 nitrogen and oxygen atoms in total. The molecular formula is C11H18Cl2N2O. The van der Waals surface area contributed by atoms with Crippen molar-refractivity contribution in [2.24, 2.45) is 5.73 Å². The summed E-state index contributed by atoms with van der Waals surface area (Å²) in [4.78, 5) is 4.53. The molecule has 2 rings (SSSR count). The maximum atomic E-state index is 6.02. The van der Waals surface area contributed by atoms with Crippen LogP contribution in [0.3, 0.4) is 0 Å². The first-order valence-corrected chi connectivity index (χ1v) is 5.02. The summed E-state index contributed by atoms with van der Waals surface area (Å²) in [5, 5.41) is 0. The molecule has 1 aliphatic carbocycles. The molecule has 2 N–H and O–H groups in total. The number of rotatable bonds is 1. The van der Waals surface area contributed by atoms with Gasteiger partial charge in [0.2, 0.25) is 0 Å². The lowest BCUT2D eigenvalue weighted by Gasteiger charge is -2.22. The summed E-state index contributed by atoms with van der Waals surface area (Å²) in [5.41, 5.74) is 9.30. The van der Waals surface area contributed by atoms with E-state index in [1.165, 1.54) is 5.56 Å². The minimum atomic E-state index is 0. The molecule has 1 aliphatic rings. The van der Waals surface area contributed by atoms with Gasteiger partial charge in [-0.3, -0.25) is 4.98 Å². The Morgan fingerprint density at radius 1 is 1.44 bits per heavy atom. The normalized spacial score (nSPS) is 17.8. The number of fused-ring (bicyclic) bond motifs is 1. The van der Waals surface area contributed by atoms with Crippen molar-refractivity contribution in [1.29, 1.82) is 0 Å². The van der Waals surface area contributed by atoms with E-state index in [2.05, 4.69) is 4.98 Å². The molecule has 92 valence electrons. The van der Waals surface area contributed by atoms with Gasteiger partial charge in [0.15, 0.2) is 0 Å². The molecule has 0 amide bonds. The van der Waals surface area contributed by atoms with Crippen molar-refractivity contribution >= 4 is 24.8 Å². The molecule has 5 heteroatoms. The highest BCUT2D eigenvalue weighted by Crippen LogP contribution is 2.30. The second kappa shape index (κ2) is 6.28. The zero-order chi connectivity index (χ0) is 10.1. The molecule has 0 saturated heterocycles. The summed E-state index contributed by atoms with van der Waals surface area (Å²) in [6, 6.07) is 2.18. The Morgan fingerprint density at radius 2 is 2.12 bits per heavy atom. The summed E-state index contributed by atoms with van der Waals surface area (Å²) in [5.74, 6) is 0.848. The molecule has 1 aromatic rings. The number of ether oxygens (including phenoxy) is 1. The van der Waals surface area contributed by atoms with Crippen LogP contribution in [0, 0.1) is 6.92 Å². The van der Waals surface area contributed by atoms with Gasteiger partial charge in [0.25, 0.3) is 0 Å². The van der Waals surface area contributed by atoms with E-state index in [1.54, 1.807) is 7.11 Å². The molecule has 1 atom stereocenters. The van der Waals surface area contributed by atoms with Gasteiger partial charge in [-0.2, -0.15) is 0 Å². The molecule has 0 aromatic carbocycles. The maximum Gasteiger partial charge on any atom is 0.140 e. The lowest BCUT2D eigenvalue weighted by Crippen LogP contribution is -2.19. The van der Waals surface area contributed by atoms with Crippen LogP contribution >= 0.6 is 24.8 Å². The van der Waals surface area contributed by atoms with Gasteiger partial charge in [-0.25, -0.2) is 0 Å². The van der Waals surface area contributed by atoms with Crippen LogP contribution in [-0.2, 0) is 6.42 Å². The van der Waals surface area contributed by atoms with Crippen molar-refractivity contribution in [2.75, 3.05) is 7.11 Å². The summed E-state index contributed by atoms with van der Waals surface area (Å²) < 4.78 is 5.24. The minimum Gasteiger partial charge on any atom is -0.495 e. The zero-order valence-corrected chi connectivity index (χ0v) is 11.2. The average molecular weight is 265 g/mol. The Kier molecular flexibility index (Phi) is 6.08. The molecule has 0 radical (unpaired) electrons. The largest absolute Gasteiger partial charge is 0.495 e. The molecule has 0 fully saturated rings. The van der Waals surface area contributed by atoms with E-state index in [-0.39, 0.29) is 30.9 Å². The number of hydrogen-bond donors (Lipinski definition) is 1. The summed E-state index contributed by atoms with van der Waals surface area (Å²) >= 11 is 0. The molecule has 1 heterocycles. The van der Waals surface area contributed by atoms with Crippen LogP contribution < -0.4 is 10.5 Å². The second-order valence-electron chi connectivity index (χ2n) is 3.81. The van der Waals surface area contributed by atoms with Crippen LogP contribution in [0.1, 0.15) is 35.8 Å². The monoisotopic (exact) mass is 264 g/mol. The molecular weight excluding hydrogens is 247 g/mol. The van der Waals surface area contributed by atoms with Crippen molar-refractivity contribution in [3.63, 3.8) is 0 Å². The molecule has 0 aliphatic heterocycles. The van der Waals surface area contributed by atoms with Crippen LogP contribution in [0.4, 0.5) is 0 Å². The van der Waals surface area contributed by atoms with Crippen LogP contribution in [0.15, 0.2) is 6.07 Å². The van der Waals surface area contributed by atoms with Crippen molar-refractivity contribution in [3.8, 4) is 5.75 Å². The summed E-state index contributed by atoms with van der Waals surface area (Å²) in [6.07, 6.45) is 3.25. The van der Waals surface area contributed by atoms with E-state index < -0.39 is 0 Å². The van der Waals surface area contributed by atoms with Gasteiger partial charge in [0, 0.05) is 11.7 Å². The van der Waals surface area contributed by atoms with E-state index in [9.17, 15) is 0 Å². The van der Waals surface area contributed by atoms with Gasteiger partial charge in [-0.15, -0.1) is 24.8 Å². The summed E-state index contributed by atoms with van der Waals surface area (Å²) in [6.45, 7) is 1.97. The Hall–Kier alpha value is -0.510. The van der Waals surface area contributed by atoms with Gasteiger partial charge in [-0.05, 0) is 37.8 Å². The lowest BCUT2D eigenvalue weighted by atomic mass is 9.91. The Balaban J connectivity index is 0.00000112. The average Bonchev–Trinajstić information content (AvgIpc) is 2.17. The van der Waals surface area contributed by atoms with E-state index >= 15 is 0 Å². The number of pyridine rings is 1. The number of nitrogens with zero attached hydrogens (tertiary/aromatic N) is 1. The fraction of sp³-hybridized carbons (Fsp3) is 0.545. The smallest absolute Gasteiger partial charge is 0.140 e. The number of aryl methyl sites for hydroxylation is 2. The molecule has 0 bridgehead atoms. The van der Waals surface area contributed by atoms with Crippen molar-refractivity contribution < 1.29 is 4.74 Å². The predicted octanol–water partition coefficient (Wildman–Crippen LogP) is 2.58. The van der Waals surface area contributed by atoms with Crippen molar-refractivity contribution in [1.82, 2.24) is 4.98 Å². The first-order chi connectivity index (χ1) is 6.72. The van der Waals surface area contributed by atoms with Gasteiger partial charge in [0.05, 0.1) is 12.8 Å². The van der Waals surface area contributed by atoms with E-state index in [0.717, 1.165) is 36.4 Å². The number of nitrogens with two attached hydrogens (primary N) is 1. The predicted molar refractivity (Wildman–Crippen MR) is 69.9 cm³/mol. The first kappa shape index (κ1) is 15.5. The fourth-order valence-corrected chi connectivity index (χ4v) is 2.02. The van der Waals surface area contributed by atoms with E-state index in [0.29, 0.717) is 0 Å². The van der Waals surface area contributed by atoms with E-state index in [4.69, 9.17) is 10.5 Å². The Morgan fingerprint density at radius 3 is 2.75 bits per heavy atom. The highest BCUT2D eigenvalue weighted by molar-refractivity contribution is 5.85. The molecule has 0 spiro atoms. The van der Waals surface area contributed by atoms with Crippen molar-refractivity contribution in [3.05, 3.63) is 23.0 Å². The number of methoxy groups -OCH3 is 1. The Labute approximate surface area is 109 Å². The standard InChI is InChI=1S/C11H16N2O.2ClH/c1-7-11(14-2)6-8-9(12)4-3-5-10(8)13-7;;/h6,9H,3-5,12H2,1-2H3;2*1H. The van der Waals surface area contributed by atoms with Gasteiger partial charge in [-0.1, -0.05) is 0 Å². The van der Waals surface area contributed by atoms with Gasteiger partial charge >= 0.3 is 0 Å². The van der Waals surface area contributed by atoms with E-state index in [1.807, 2.05) is 13.0 Å². The fourth-order valence-electron chi connectivity index (χ4n) is 2.02. The third kappa shape index (κ3) is 2.78. The number of aromatic nitrogens is 1. The molecule has 1 aromatic heterocycles. The zero-order valence-electron chi connectivity index (χ0n) is 9.53. The first-order valence-electron chi connectivity index (χ1n) is 5.02. The third-order valence-electron chi connectivity index (χ3n) is 2.83. The molecule has 16 heavy (non-hydrogen) atoms. The van der Waals surface area contributed by atoms with Crippen LogP contribution in [0.5, 0.6) is 5.75 Å². The van der Waals surface area contributed by atoms with Crippen LogP contribution in [-0.4, -0.2) is 12.1 Å². The minimum absolute atomic E-state index is 0. The quantitative estimate of drug-likeness (QED) is 0.849. The SMILES string of the molecule is COc1cc2c(nc1C)CCCC2N.Cl.Cl. The molecule has 0 saturated carbocycles. The highest BCUT2D eigenvalue weighted by atomic mass is 35.5. The van der Waals surface area contributed by atoms with Gasteiger partial charge < -0.3 is 10.5 Å². The Bertz CT molecular complexity index is 358. The summed E-state index contributed by atoms with van der Waals surface area (Å²) in [7, 11) is 1.67. The maximum absolute atomic E-state index is 6.02. The van der Waals surface area contributed by atoms with Crippen LogP contribution in [0.25, 0.3) is 0 Å². The van der Waals surface area contributed by atoms with Crippen LogP contribution in [0.2, 0.25) is 0 Å². The highest BCUT2D eigenvalue weighted by Gasteiger charge is 2.19. The third-order valence-corrected chi connectivity index (χ3v) is 2.83. The lowest BCUT2D eigenvalue weighted by molar-refractivity contribution is 0.405. The molecule has 1 unspecified atom stereocenters. The number of halogens is 2. The second-order valence-corrected chi connectivity index (χ2v) is 3.81. The topological polar surface area (TPSA) is 48.1 Å². The van der Waals surface area contributed by atoms with Crippen molar-refractivity contribution in [2.45, 2.75) is 32.2 Å².